The van der Waals surface area contributed by atoms with Gasteiger partial charge in [0.2, 0.25) is 0 Å². The van der Waals surface area contributed by atoms with E-state index in [1.807, 2.05) is 29.0 Å². The number of para-hydroxylation sites is 1. The Morgan fingerprint density at radius 3 is 2.83 bits per heavy atom. The predicted octanol–water partition coefficient (Wildman–Crippen LogP) is 4.04. The highest BCUT2D eigenvalue weighted by molar-refractivity contribution is 7.08. The van der Waals surface area contributed by atoms with E-state index in [1.165, 1.54) is 11.3 Å². The average Bonchev–Trinajstić information content (AvgIpc) is 3.34. The lowest BCUT2D eigenvalue weighted by atomic mass is 9.99. The summed E-state index contributed by atoms with van der Waals surface area (Å²) in [7, 11) is 0. The van der Waals surface area contributed by atoms with Crippen LogP contribution in [0.25, 0.3) is 0 Å². The zero-order chi connectivity index (χ0) is 16.5. The van der Waals surface area contributed by atoms with E-state index in [9.17, 15) is 9.90 Å². The van der Waals surface area contributed by atoms with Crippen molar-refractivity contribution in [3.05, 3.63) is 76.4 Å². The molecule has 1 N–H and O–H groups in total. The molecule has 4 rings (SSSR count). The summed E-state index contributed by atoms with van der Waals surface area (Å²) < 4.78 is 5.23. The molecule has 1 aliphatic heterocycles. The van der Waals surface area contributed by atoms with Gasteiger partial charge in [-0.05, 0) is 35.0 Å². The highest BCUT2D eigenvalue weighted by Crippen LogP contribution is 2.37. The predicted molar refractivity (Wildman–Crippen MR) is 91.2 cm³/mol. The number of amides is 1. The number of rotatable bonds is 3. The second-order valence-electron chi connectivity index (χ2n) is 5.46. The molecule has 0 aliphatic carbocycles. The summed E-state index contributed by atoms with van der Waals surface area (Å²) in [4.78, 5) is 12.8. The fraction of sp³-hybridized carbons (Fsp3) is 0.111. The molecule has 1 aromatic carbocycles. The third-order valence-corrected chi connectivity index (χ3v) is 4.68. The van der Waals surface area contributed by atoms with Crippen LogP contribution in [0.4, 0.5) is 0 Å². The lowest BCUT2D eigenvalue weighted by Crippen LogP contribution is -2.26. The molecule has 24 heavy (non-hydrogen) atoms. The molecule has 0 saturated heterocycles. The quantitative estimate of drug-likeness (QED) is 0.784. The van der Waals surface area contributed by atoms with Crippen LogP contribution in [0, 0.1) is 0 Å². The number of furan rings is 1. The van der Waals surface area contributed by atoms with Crippen molar-refractivity contribution in [1.82, 2.24) is 5.01 Å². The maximum absolute atomic E-state index is 12.8. The van der Waals surface area contributed by atoms with Crippen LogP contribution in [0.2, 0.25) is 0 Å². The molecule has 1 aliphatic rings. The minimum absolute atomic E-state index is 0.154. The van der Waals surface area contributed by atoms with Gasteiger partial charge >= 0.3 is 5.91 Å². The number of carbonyl (C=O) groups is 1. The Hall–Kier alpha value is -2.86. The Bertz CT molecular complexity index is 885. The summed E-state index contributed by atoms with van der Waals surface area (Å²) in [6.07, 6.45) is 2.00. The van der Waals surface area contributed by atoms with Gasteiger partial charge in [0.25, 0.3) is 0 Å². The second-order valence-corrected chi connectivity index (χ2v) is 6.24. The van der Waals surface area contributed by atoms with Gasteiger partial charge in [-0.1, -0.05) is 18.2 Å². The van der Waals surface area contributed by atoms with Gasteiger partial charge in [0.15, 0.2) is 5.76 Å². The lowest BCUT2D eigenvalue weighted by molar-refractivity contribution is 0.0677. The Labute approximate surface area is 142 Å². The zero-order valence-electron chi connectivity index (χ0n) is 12.6. The number of phenols is 1. The molecule has 0 fully saturated rings. The van der Waals surface area contributed by atoms with Crippen molar-refractivity contribution in [3.8, 4) is 5.75 Å². The molecule has 5 nitrogen and oxygen atoms in total. The third kappa shape index (κ3) is 2.51. The summed E-state index contributed by atoms with van der Waals surface area (Å²) in [6.45, 7) is 0. The average molecular weight is 338 g/mol. The van der Waals surface area contributed by atoms with E-state index in [2.05, 4.69) is 5.10 Å². The maximum atomic E-state index is 12.8. The Morgan fingerprint density at radius 1 is 1.25 bits per heavy atom. The topological polar surface area (TPSA) is 66.0 Å². The molecule has 0 radical (unpaired) electrons. The Kier molecular flexibility index (Phi) is 3.66. The van der Waals surface area contributed by atoms with Crippen molar-refractivity contribution >= 4 is 23.0 Å². The molecule has 0 spiro atoms. The first kappa shape index (κ1) is 14.7. The van der Waals surface area contributed by atoms with Crippen LogP contribution in [0.3, 0.4) is 0 Å². The molecule has 3 heterocycles. The number of hydrogen-bond acceptors (Lipinski definition) is 5. The molecular formula is C18H14N2O3S. The molecule has 3 aromatic rings. The smallest absolute Gasteiger partial charge is 0.310 e. The van der Waals surface area contributed by atoms with Crippen LogP contribution in [0.5, 0.6) is 5.75 Å². The number of thiophene rings is 1. The third-order valence-electron chi connectivity index (χ3n) is 4.00. The number of carbonyl (C=O) groups excluding carboxylic acids is 1. The van der Waals surface area contributed by atoms with Gasteiger partial charge in [-0.25, -0.2) is 5.01 Å². The summed E-state index contributed by atoms with van der Waals surface area (Å²) in [6, 6.07) is 11.9. The van der Waals surface area contributed by atoms with E-state index in [1.54, 1.807) is 35.6 Å². The number of benzene rings is 1. The SMILES string of the molecule is O=C(c1ccco1)N1N=C(c2ccsc2)C[C@H]1c1ccccc1O. The van der Waals surface area contributed by atoms with Gasteiger partial charge < -0.3 is 9.52 Å². The summed E-state index contributed by atoms with van der Waals surface area (Å²) in [5, 5.41) is 20.1. The van der Waals surface area contributed by atoms with Crippen molar-refractivity contribution in [1.29, 1.82) is 0 Å². The minimum Gasteiger partial charge on any atom is -0.508 e. The standard InChI is InChI=1S/C18H14N2O3S/c21-16-5-2-1-4-13(16)15-10-14(12-7-9-24-11-12)19-20(15)18(22)17-6-3-8-23-17/h1-9,11,15,21H,10H2/t15-/m0/s1. The molecule has 1 atom stereocenters. The number of nitrogens with zero attached hydrogens (tertiary/aromatic N) is 2. The zero-order valence-corrected chi connectivity index (χ0v) is 13.4. The molecule has 0 unspecified atom stereocenters. The molecule has 2 aromatic heterocycles. The number of aromatic hydroxyl groups is 1. The first-order valence-electron chi connectivity index (χ1n) is 7.49. The van der Waals surface area contributed by atoms with Crippen molar-refractivity contribution < 1.29 is 14.3 Å². The second kappa shape index (κ2) is 5.98. The normalized spacial score (nSPS) is 17.1. The van der Waals surface area contributed by atoms with Crippen LogP contribution in [-0.4, -0.2) is 21.7 Å². The van der Waals surface area contributed by atoms with Crippen LogP contribution >= 0.6 is 11.3 Å². The van der Waals surface area contributed by atoms with Gasteiger partial charge in [-0.15, -0.1) is 0 Å². The first-order chi connectivity index (χ1) is 11.7. The van der Waals surface area contributed by atoms with Crippen molar-refractivity contribution in [3.63, 3.8) is 0 Å². The van der Waals surface area contributed by atoms with Crippen LogP contribution in [-0.2, 0) is 0 Å². The molecule has 0 bridgehead atoms. The largest absolute Gasteiger partial charge is 0.508 e. The van der Waals surface area contributed by atoms with Crippen LogP contribution in [0.15, 0.2) is 69.0 Å². The molecule has 1 amide bonds. The molecule has 120 valence electrons. The molecule has 0 saturated carbocycles. The van der Waals surface area contributed by atoms with E-state index in [0.717, 1.165) is 11.3 Å². The van der Waals surface area contributed by atoms with Gasteiger partial charge in [0, 0.05) is 17.5 Å². The van der Waals surface area contributed by atoms with Crippen molar-refractivity contribution in [2.75, 3.05) is 0 Å². The lowest BCUT2D eigenvalue weighted by Gasteiger charge is -2.21. The highest BCUT2D eigenvalue weighted by Gasteiger charge is 2.36. The molecular weight excluding hydrogens is 324 g/mol. The summed E-state index contributed by atoms with van der Waals surface area (Å²) in [5.74, 6) is 0.0609. The van der Waals surface area contributed by atoms with Gasteiger partial charge in [0.05, 0.1) is 18.0 Å². The van der Waals surface area contributed by atoms with E-state index in [0.29, 0.717) is 12.0 Å². The Morgan fingerprint density at radius 2 is 2.12 bits per heavy atom. The minimum atomic E-state index is -0.362. The van der Waals surface area contributed by atoms with Gasteiger partial charge in [0.1, 0.15) is 5.75 Å². The maximum Gasteiger partial charge on any atom is 0.310 e. The number of hydrogen-bond donors (Lipinski definition) is 1. The monoisotopic (exact) mass is 338 g/mol. The van der Waals surface area contributed by atoms with E-state index in [4.69, 9.17) is 4.42 Å². The van der Waals surface area contributed by atoms with Crippen LogP contribution < -0.4 is 0 Å². The summed E-state index contributed by atoms with van der Waals surface area (Å²) >= 11 is 1.58. The Balaban J connectivity index is 1.75. The van der Waals surface area contributed by atoms with Gasteiger partial charge in [-0.3, -0.25) is 4.79 Å². The highest BCUT2D eigenvalue weighted by atomic mass is 32.1. The molecule has 6 heteroatoms. The van der Waals surface area contributed by atoms with E-state index in [-0.39, 0.29) is 23.5 Å². The van der Waals surface area contributed by atoms with Crippen molar-refractivity contribution in [2.24, 2.45) is 5.10 Å². The fourth-order valence-corrected chi connectivity index (χ4v) is 3.49. The fourth-order valence-electron chi connectivity index (χ4n) is 2.83. The van der Waals surface area contributed by atoms with E-state index < -0.39 is 0 Å². The first-order valence-corrected chi connectivity index (χ1v) is 8.43. The van der Waals surface area contributed by atoms with Crippen LogP contribution in [0.1, 0.15) is 34.1 Å². The number of phenolic OH excluding ortho intramolecular Hbond substituents is 1. The van der Waals surface area contributed by atoms with E-state index >= 15 is 0 Å². The number of hydrazone groups is 1. The summed E-state index contributed by atoms with van der Waals surface area (Å²) in [5.41, 5.74) is 2.49. The van der Waals surface area contributed by atoms with Crippen molar-refractivity contribution in [2.45, 2.75) is 12.5 Å². The van der Waals surface area contributed by atoms with Gasteiger partial charge in [-0.2, -0.15) is 16.4 Å².